The van der Waals surface area contributed by atoms with Gasteiger partial charge >= 0.3 is 5.97 Å². The van der Waals surface area contributed by atoms with Crippen LogP contribution in [0.1, 0.15) is 41.9 Å². The summed E-state index contributed by atoms with van der Waals surface area (Å²) in [5.74, 6) is 9.31. The number of rotatable bonds is 7. The highest BCUT2D eigenvalue weighted by atomic mass is 16.4. The number of hydrogen-bond donors (Lipinski definition) is 1. The molecule has 0 aromatic heterocycles. The zero-order valence-corrected chi connectivity index (χ0v) is 15.9. The molecule has 144 valence electrons. The van der Waals surface area contributed by atoms with E-state index in [1.807, 2.05) is 36.4 Å². The number of carbonyl (C=O) groups excluding carboxylic acids is 1. The van der Waals surface area contributed by atoms with E-state index in [0.29, 0.717) is 18.4 Å². The van der Waals surface area contributed by atoms with Crippen molar-refractivity contribution >= 4 is 11.9 Å². The molecule has 1 aliphatic carbocycles. The van der Waals surface area contributed by atoms with Crippen molar-refractivity contribution in [2.75, 3.05) is 13.1 Å². The van der Waals surface area contributed by atoms with Crippen LogP contribution in [0.25, 0.3) is 0 Å². The molecule has 1 aromatic carbocycles. The first-order chi connectivity index (χ1) is 14.7. The maximum absolute atomic E-state index is 12.7. The van der Waals surface area contributed by atoms with Gasteiger partial charge in [0.2, 0.25) is 5.91 Å². The van der Waals surface area contributed by atoms with Crippen LogP contribution in [0.3, 0.4) is 0 Å². The van der Waals surface area contributed by atoms with Crippen molar-refractivity contribution in [2.45, 2.75) is 33.0 Å². The second-order valence-corrected chi connectivity index (χ2v) is 6.50. The van der Waals surface area contributed by atoms with Gasteiger partial charge in [-0.1, -0.05) is 42.2 Å². The quantitative estimate of drug-likeness (QED) is 0.740. The smallest absolute Gasteiger partial charge is 0.323 e. The number of carboxylic acids is 1. The van der Waals surface area contributed by atoms with Crippen LogP contribution in [0.5, 0.6) is 0 Å². The lowest BCUT2D eigenvalue weighted by atomic mass is 9.96. The van der Waals surface area contributed by atoms with Crippen LogP contribution in [-0.4, -0.2) is 35.0 Å². The van der Waals surface area contributed by atoms with Gasteiger partial charge in [-0.3, -0.25) is 9.59 Å². The lowest BCUT2D eigenvalue weighted by molar-refractivity contribution is -0.144. The van der Waals surface area contributed by atoms with E-state index in [9.17, 15) is 14.7 Å². The Morgan fingerprint density at radius 3 is 2.64 bits per heavy atom. The molecule has 1 atom stereocenters. The monoisotopic (exact) mass is 378 g/mol. The maximum Gasteiger partial charge on any atom is 0.323 e. The van der Waals surface area contributed by atoms with E-state index in [0.717, 1.165) is 11.1 Å². The fourth-order valence-corrected chi connectivity index (χ4v) is 2.97. The maximum atomic E-state index is 12.7. The summed E-state index contributed by atoms with van der Waals surface area (Å²) in [6.07, 6.45) is 6.67. The molecule has 0 spiro atoms. The highest BCUT2D eigenvalue weighted by molar-refractivity contribution is 5.81. The molecule has 4 nitrogen and oxygen atoms in total. The molecular formula is C24H25NO3. The average molecular weight is 378 g/mol. The van der Waals surface area contributed by atoms with Crippen molar-refractivity contribution in [1.82, 2.24) is 4.90 Å². The molecule has 0 heterocycles. The number of carbonyl (C=O) groups is 2. The molecule has 1 amide bonds. The number of hydrogen-bond acceptors (Lipinski definition) is 2. The Bertz CT molecular complexity index is 983. The Balaban J connectivity index is 1.95. The van der Waals surface area contributed by atoms with Crippen molar-refractivity contribution in [1.29, 1.82) is 0 Å². The van der Waals surface area contributed by atoms with Crippen LogP contribution in [0.4, 0.5) is 0 Å². The van der Waals surface area contributed by atoms with Crippen molar-refractivity contribution in [3.63, 3.8) is 0 Å². The third-order valence-electron chi connectivity index (χ3n) is 4.38. The summed E-state index contributed by atoms with van der Waals surface area (Å²) in [5, 5.41) is 9.21. The number of amides is 1. The number of aliphatic carboxylic acids is 1. The van der Waals surface area contributed by atoms with Gasteiger partial charge < -0.3 is 10.0 Å². The predicted octanol–water partition coefficient (Wildman–Crippen LogP) is 3.43. The Morgan fingerprint density at radius 2 is 2.04 bits per heavy atom. The van der Waals surface area contributed by atoms with Crippen LogP contribution in [0.15, 0.2) is 48.1 Å². The van der Waals surface area contributed by atoms with Crippen molar-refractivity contribution in [3.8, 4) is 23.7 Å². The fourth-order valence-electron chi connectivity index (χ4n) is 2.97. The third-order valence-corrected chi connectivity index (χ3v) is 4.38. The van der Waals surface area contributed by atoms with Crippen molar-refractivity contribution < 1.29 is 18.8 Å². The summed E-state index contributed by atoms with van der Waals surface area (Å²) in [6, 6.07) is 7.64. The number of allylic oxidation sites excluding steroid dienone is 3. The zero-order valence-electron chi connectivity index (χ0n) is 18.9. The van der Waals surface area contributed by atoms with E-state index in [4.69, 9.17) is 4.11 Å². The summed E-state index contributed by atoms with van der Waals surface area (Å²) in [6.45, 7) is -0.612. The number of carboxylic acid groups (broad SMARTS) is 1. The van der Waals surface area contributed by atoms with Crippen LogP contribution >= 0.6 is 0 Å². The number of benzene rings is 1. The molecule has 0 bridgehead atoms. The lowest BCUT2D eigenvalue weighted by Gasteiger charge is -2.25. The van der Waals surface area contributed by atoms with Gasteiger partial charge in [0.1, 0.15) is 6.54 Å². The summed E-state index contributed by atoms with van der Waals surface area (Å²) >= 11 is 0. The molecule has 28 heavy (non-hydrogen) atoms. The largest absolute Gasteiger partial charge is 0.480 e. The van der Waals surface area contributed by atoms with Gasteiger partial charge in [-0.15, -0.1) is 11.8 Å². The molecule has 0 saturated heterocycles. The summed E-state index contributed by atoms with van der Waals surface area (Å²) in [7, 11) is 0. The van der Waals surface area contributed by atoms with Gasteiger partial charge in [-0.05, 0) is 50.2 Å². The first kappa shape index (κ1) is 16.9. The van der Waals surface area contributed by atoms with Gasteiger partial charge in [0, 0.05) is 28.2 Å². The first-order valence-electron chi connectivity index (χ1n) is 10.6. The minimum atomic E-state index is -2.31. The highest BCUT2D eigenvalue weighted by Gasteiger charge is 2.20. The number of nitrogens with zero attached hydrogens (tertiary/aromatic N) is 1. The van der Waals surface area contributed by atoms with E-state index in [1.165, 1.54) is 4.90 Å². The van der Waals surface area contributed by atoms with Crippen molar-refractivity contribution in [3.05, 3.63) is 59.2 Å². The van der Waals surface area contributed by atoms with Gasteiger partial charge in [0.15, 0.2) is 0 Å². The molecule has 0 saturated carbocycles. The Labute approximate surface area is 171 Å². The van der Waals surface area contributed by atoms with E-state index >= 15 is 0 Å². The minimum absolute atomic E-state index is 0.0477. The fraction of sp³-hybridized carbons (Fsp3) is 0.333. The van der Waals surface area contributed by atoms with Gasteiger partial charge in [0.25, 0.3) is 0 Å². The van der Waals surface area contributed by atoms with E-state index in [2.05, 4.69) is 23.7 Å². The van der Waals surface area contributed by atoms with E-state index in [1.54, 1.807) is 13.0 Å². The first-order valence-corrected chi connectivity index (χ1v) is 9.09. The lowest BCUT2D eigenvalue weighted by Crippen LogP contribution is -2.39. The SMILES string of the molecule is [2H]C([2H])([2H])C#CC1=CCC(CN(CC(=O)O)C(=O)CCc2ccc(C#CC)cc2)C=C1. The normalized spacial score (nSPS) is 16.8. The zero-order chi connectivity index (χ0) is 22.9. The third kappa shape index (κ3) is 6.82. The standard InChI is InChI=1S/C24H25NO3/c1-3-5-19-7-9-21(10-8-19)15-16-23(26)25(18-24(27)28)17-22-13-11-20(6-4-2)12-14-22/h7-13,22H,14-18H2,1-2H3,(H,27,28)/i2D3. The molecule has 1 unspecified atom stereocenters. The van der Waals surface area contributed by atoms with E-state index in [-0.39, 0.29) is 31.3 Å². The van der Waals surface area contributed by atoms with Crippen LogP contribution in [-0.2, 0) is 16.0 Å². The molecule has 0 fully saturated rings. The van der Waals surface area contributed by atoms with Gasteiger partial charge in [-0.25, -0.2) is 0 Å². The molecule has 4 heteroatoms. The minimum Gasteiger partial charge on any atom is -0.480 e. The van der Waals surface area contributed by atoms with Crippen molar-refractivity contribution in [2.24, 2.45) is 5.92 Å². The Morgan fingerprint density at radius 1 is 1.25 bits per heavy atom. The predicted molar refractivity (Wildman–Crippen MR) is 110 cm³/mol. The molecule has 0 aliphatic heterocycles. The molecule has 1 aliphatic rings. The molecule has 1 N–H and O–H groups in total. The molecule has 1 aromatic rings. The summed E-state index contributed by atoms with van der Waals surface area (Å²) in [5.41, 5.74) is 2.51. The van der Waals surface area contributed by atoms with Crippen LogP contribution < -0.4 is 0 Å². The van der Waals surface area contributed by atoms with Gasteiger partial charge in [-0.2, -0.15) is 0 Å². The highest BCUT2D eigenvalue weighted by Crippen LogP contribution is 2.18. The Hall–Kier alpha value is -3.24. The molecule has 2 rings (SSSR count). The topological polar surface area (TPSA) is 57.6 Å². The summed E-state index contributed by atoms with van der Waals surface area (Å²) in [4.78, 5) is 25.3. The summed E-state index contributed by atoms with van der Waals surface area (Å²) < 4.78 is 21.4. The van der Waals surface area contributed by atoms with Crippen LogP contribution in [0, 0.1) is 29.6 Å². The molecular weight excluding hydrogens is 350 g/mol. The Kier molecular flexibility index (Phi) is 6.52. The van der Waals surface area contributed by atoms with Crippen LogP contribution in [0.2, 0.25) is 0 Å². The average Bonchev–Trinajstić information content (AvgIpc) is 2.71. The van der Waals surface area contributed by atoms with Gasteiger partial charge in [0.05, 0.1) is 0 Å². The van der Waals surface area contributed by atoms with E-state index < -0.39 is 12.8 Å². The second kappa shape index (κ2) is 10.8. The number of aryl methyl sites for hydroxylation is 1. The molecule has 0 radical (unpaired) electrons. The second-order valence-electron chi connectivity index (χ2n) is 6.50.